The quantitative estimate of drug-likeness (QED) is 0.374. The van der Waals surface area contributed by atoms with Gasteiger partial charge in [-0.15, -0.1) is 0 Å². The van der Waals surface area contributed by atoms with Crippen molar-refractivity contribution < 1.29 is 9.59 Å². The van der Waals surface area contributed by atoms with Gasteiger partial charge in [0.1, 0.15) is 5.82 Å². The molecule has 0 saturated carbocycles. The van der Waals surface area contributed by atoms with Crippen molar-refractivity contribution in [2.75, 3.05) is 33.5 Å². The minimum absolute atomic E-state index is 0.0972. The van der Waals surface area contributed by atoms with Gasteiger partial charge in [0.2, 0.25) is 5.91 Å². The smallest absolute Gasteiger partial charge is 0.253 e. The lowest BCUT2D eigenvalue weighted by Gasteiger charge is -2.36. The number of benzene rings is 1. The van der Waals surface area contributed by atoms with Crippen LogP contribution in [0, 0.1) is 0 Å². The zero-order valence-electron chi connectivity index (χ0n) is 18.8. The summed E-state index contributed by atoms with van der Waals surface area (Å²) >= 11 is 0. The van der Waals surface area contributed by atoms with Crippen molar-refractivity contribution in [1.29, 1.82) is 0 Å². The van der Waals surface area contributed by atoms with Gasteiger partial charge in [0.15, 0.2) is 0 Å². The van der Waals surface area contributed by atoms with Gasteiger partial charge in [-0.2, -0.15) is 0 Å². The van der Waals surface area contributed by atoms with Crippen LogP contribution in [0.1, 0.15) is 18.5 Å². The van der Waals surface area contributed by atoms with Crippen LogP contribution in [0.25, 0.3) is 0 Å². The van der Waals surface area contributed by atoms with Gasteiger partial charge in [-0.25, -0.2) is 0 Å². The molecule has 166 valence electrons. The van der Waals surface area contributed by atoms with E-state index in [1.807, 2.05) is 68.4 Å². The number of hydrogen-bond donors (Lipinski definition) is 4. The number of nitrogens with zero attached hydrogens (tertiary/aromatic N) is 2. The summed E-state index contributed by atoms with van der Waals surface area (Å²) in [6.45, 7) is 5.30. The van der Waals surface area contributed by atoms with Crippen molar-refractivity contribution in [1.82, 2.24) is 20.4 Å². The van der Waals surface area contributed by atoms with Crippen LogP contribution >= 0.6 is 0 Å². The van der Waals surface area contributed by atoms with E-state index in [-0.39, 0.29) is 24.0 Å². The first-order chi connectivity index (χ1) is 14.7. The summed E-state index contributed by atoms with van der Waals surface area (Å²) in [5, 5.41) is 9.32. The van der Waals surface area contributed by atoms with Crippen molar-refractivity contribution >= 4 is 17.5 Å². The standard InChI is InChI=1S/C23H32N6O2/c1-7-22(30)26-18-10-8-9-16(12-18)19-13-17(23(31)28(4)5)14-21(29(19)6)27-20(25-3)11-15(2)24/h7-14,19-20,25,27H,1,24H2,2-6H3,(H,26,30)/b15-11-. The van der Waals surface area contributed by atoms with Crippen LogP contribution in [-0.4, -0.2) is 56.0 Å². The molecular weight excluding hydrogens is 392 g/mol. The van der Waals surface area contributed by atoms with Crippen molar-refractivity contribution in [2.24, 2.45) is 5.73 Å². The van der Waals surface area contributed by atoms with Crippen molar-refractivity contribution in [3.8, 4) is 0 Å². The third-order valence-corrected chi connectivity index (χ3v) is 4.81. The average molecular weight is 425 g/mol. The van der Waals surface area contributed by atoms with Crippen LogP contribution in [0.2, 0.25) is 0 Å². The molecule has 0 aromatic heterocycles. The predicted octanol–water partition coefficient (Wildman–Crippen LogP) is 1.65. The summed E-state index contributed by atoms with van der Waals surface area (Å²) in [7, 11) is 7.21. The number of nitrogens with two attached hydrogens (primary N) is 1. The molecule has 8 nitrogen and oxygen atoms in total. The normalized spacial score (nSPS) is 17.3. The fraction of sp³-hybridized carbons (Fsp3) is 0.304. The lowest BCUT2D eigenvalue weighted by atomic mass is 9.98. The lowest BCUT2D eigenvalue weighted by Crippen LogP contribution is -2.44. The third-order valence-electron chi connectivity index (χ3n) is 4.81. The molecule has 0 spiro atoms. The van der Waals surface area contributed by atoms with E-state index in [2.05, 4.69) is 22.5 Å². The summed E-state index contributed by atoms with van der Waals surface area (Å²) in [6.07, 6.45) is 6.61. The number of carbonyl (C=O) groups excluding carboxylic acids is 2. The van der Waals surface area contributed by atoms with Gasteiger partial charge in [0, 0.05) is 38.1 Å². The maximum atomic E-state index is 12.8. The van der Waals surface area contributed by atoms with Crippen LogP contribution in [0.5, 0.6) is 0 Å². The summed E-state index contributed by atoms with van der Waals surface area (Å²) in [6, 6.07) is 7.29. The highest BCUT2D eigenvalue weighted by Crippen LogP contribution is 2.31. The third kappa shape index (κ3) is 6.23. The molecule has 8 heteroatoms. The van der Waals surface area contributed by atoms with E-state index in [0.29, 0.717) is 17.0 Å². The van der Waals surface area contributed by atoms with Crippen molar-refractivity contribution in [3.05, 3.63) is 77.8 Å². The first-order valence-electron chi connectivity index (χ1n) is 9.95. The summed E-state index contributed by atoms with van der Waals surface area (Å²) in [5.74, 6) is 0.381. The zero-order chi connectivity index (χ0) is 23.1. The zero-order valence-corrected chi connectivity index (χ0v) is 18.8. The van der Waals surface area contributed by atoms with E-state index in [0.717, 1.165) is 11.4 Å². The van der Waals surface area contributed by atoms with Crippen LogP contribution in [-0.2, 0) is 9.59 Å². The highest BCUT2D eigenvalue weighted by atomic mass is 16.2. The van der Waals surface area contributed by atoms with Gasteiger partial charge in [0.25, 0.3) is 5.91 Å². The van der Waals surface area contributed by atoms with Crippen molar-refractivity contribution in [3.63, 3.8) is 0 Å². The van der Waals surface area contributed by atoms with Gasteiger partial charge in [-0.3, -0.25) is 14.9 Å². The number of carbonyl (C=O) groups is 2. The Kier molecular flexibility index (Phi) is 8.04. The average Bonchev–Trinajstić information content (AvgIpc) is 2.73. The van der Waals surface area contributed by atoms with Gasteiger partial charge in [-0.05, 0) is 56.0 Å². The van der Waals surface area contributed by atoms with Crippen LogP contribution in [0.3, 0.4) is 0 Å². The highest BCUT2D eigenvalue weighted by Gasteiger charge is 2.26. The number of anilines is 1. The molecule has 2 rings (SSSR count). The molecule has 0 fully saturated rings. The van der Waals surface area contributed by atoms with E-state index in [1.165, 1.54) is 6.08 Å². The monoisotopic (exact) mass is 424 g/mol. The SMILES string of the molecule is C=CC(=O)Nc1cccc(C2C=C(C(=O)N(C)C)C=C(NC(/C=C(/C)N)NC)N2C)c1. The molecule has 2 atom stereocenters. The Labute approximate surface area is 184 Å². The molecule has 0 saturated heterocycles. The van der Waals surface area contributed by atoms with Crippen molar-refractivity contribution in [2.45, 2.75) is 19.1 Å². The molecule has 1 aliphatic heterocycles. The Morgan fingerprint density at radius 3 is 2.61 bits per heavy atom. The summed E-state index contributed by atoms with van der Waals surface area (Å²) in [4.78, 5) is 28.0. The molecule has 31 heavy (non-hydrogen) atoms. The second-order valence-corrected chi connectivity index (χ2v) is 7.55. The number of allylic oxidation sites excluding steroid dienone is 1. The summed E-state index contributed by atoms with van der Waals surface area (Å²) in [5.41, 5.74) is 8.67. The number of likely N-dealkylation sites (N-methyl/N-ethyl adjacent to an activating group) is 3. The van der Waals surface area contributed by atoms with E-state index >= 15 is 0 Å². The Balaban J connectivity index is 2.45. The first kappa shape index (κ1) is 23.8. The Morgan fingerprint density at radius 2 is 2.03 bits per heavy atom. The Hall–Kier alpha value is -3.52. The van der Waals surface area contributed by atoms with Gasteiger partial charge in [-0.1, -0.05) is 18.7 Å². The van der Waals surface area contributed by atoms with E-state index in [9.17, 15) is 9.59 Å². The molecule has 0 aliphatic carbocycles. The maximum Gasteiger partial charge on any atom is 0.253 e. The van der Waals surface area contributed by atoms with E-state index < -0.39 is 0 Å². The molecule has 5 N–H and O–H groups in total. The Bertz CT molecular complexity index is 928. The number of hydrogen-bond acceptors (Lipinski definition) is 6. The molecule has 0 radical (unpaired) electrons. The molecule has 1 heterocycles. The minimum Gasteiger partial charge on any atom is -0.402 e. The number of nitrogens with one attached hydrogen (secondary N) is 3. The molecular formula is C23H32N6O2. The molecule has 1 aromatic rings. The predicted molar refractivity (Wildman–Crippen MR) is 125 cm³/mol. The molecule has 0 bridgehead atoms. The van der Waals surface area contributed by atoms with Gasteiger partial charge >= 0.3 is 0 Å². The fourth-order valence-electron chi connectivity index (χ4n) is 3.20. The van der Waals surface area contributed by atoms with Gasteiger partial charge < -0.3 is 26.2 Å². The van der Waals surface area contributed by atoms with Crippen LogP contribution in [0.15, 0.2) is 72.2 Å². The lowest BCUT2D eigenvalue weighted by molar-refractivity contribution is -0.124. The van der Waals surface area contributed by atoms with E-state index in [4.69, 9.17) is 5.73 Å². The minimum atomic E-state index is -0.281. The molecule has 2 amide bonds. The topological polar surface area (TPSA) is 103 Å². The van der Waals surface area contributed by atoms with Crippen LogP contribution < -0.4 is 21.7 Å². The Morgan fingerprint density at radius 1 is 1.32 bits per heavy atom. The second kappa shape index (κ2) is 10.5. The van der Waals surface area contributed by atoms with Gasteiger partial charge in [0.05, 0.1) is 12.2 Å². The maximum absolute atomic E-state index is 12.8. The highest BCUT2D eigenvalue weighted by molar-refractivity contribution is 5.99. The largest absolute Gasteiger partial charge is 0.402 e. The second-order valence-electron chi connectivity index (χ2n) is 7.55. The molecule has 1 aromatic carbocycles. The molecule has 2 unspecified atom stereocenters. The number of amides is 2. The molecule has 1 aliphatic rings. The number of rotatable bonds is 8. The van der Waals surface area contributed by atoms with Crippen LogP contribution in [0.4, 0.5) is 5.69 Å². The fourth-order valence-corrected chi connectivity index (χ4v) is 3.20. The first-order valence-corrected chi connectivity index (χ1v) is 9.95. The van der Waals surface area contributed by atoms with E-state index in [1.54, 1.807) is 19.0 Å². The summed E-state index contributed by atoms with van der Waals surface area (Å²) < 4.78 is 0.